The fourth-order valence-electron chi connectivity index (χ4n) is 1.54. The summed E-state index contributed by atoms with van der Waals surface area (Å²) in [6.07, 6.45) is 3.41. The van der Waals surface area contributed by atoms with E-state index in [2.05, 4.69) is 24.8 Å². The summed E-state index contributed by atoms with van der Waals surface area (Å²) in [5.74, 6) is 0.524. The van der Waals surface area contributed by atoms with Gasteiger partial charge >= 0.3 is 0 Å². The topological polar surface area (TPSA) is 23.5 Å². The summed E-state index contributed by atoms with van der Waals surface area (Å²) >= 11 is 0. The lowest BCUT2D eigenvalue weighted by atomic mass is 10.1. The average Bonchev–Trinajstić information content (AvgIpc) is 2.48. The van der Waals surface area contributed by atoms with Crippen LogP contribution in [0.1, 0.15) is 20.3 Å². The van der Waals surface area contributed by atoms with Crippen LogP contribution in [-0.4, -0.2) is 36.2 Å². The van der Waals surface area contributed by atoms with Crippen molar-refractivity contribution in [1.82, 2.24) is 4.90 Å². The van der Waals surface area contributed by atoms with Crippen molar-refractivity contribution in [3.8, 4) is 0 Å². The van der Waals surface area contributed by atoms with Crippen molar-refractivity contribution in [2.75, 3.05) is 26.2 Å². The molecule has 0 aromatic carbocycles. The van der Waals surface area contributed by atoms with Crippen molar-refractivity contribution in [3.05, 3.63) is 11.6 Å². The summed E-state index contributed by atoms with van der Waals surface area (Å²) in [4.78, 5) is 2.40. The van der Waals surface area contributed by atoms with Crippen LogP contribution in [0, 0.1) is 5.92 Å². The Morgan fingerprint density at radius 2 is 2.33 bits per heavy atom. The highest BCUT2D eigenvalue weighted by molar-refractivity contribution is 4.95. The number of hydrogen-bond acceptors (Lipinski definition) is 2. The third-order valence-electron chi connectivity index (χ3n) is 2.39. The minimum Gasteiger partial charge on any atom is -0.396 e. The van der Waals surface area contributed by atoms with Gasteiger partial charge in [-0.15, -0.1) is 0 Å². The first-order valence-corrected chi connectivity index (χ1v) is 4.69. The van der Waals surface area contributed by atoms with Gasteiger partial charge in [0.25, 0.3) is 0 Å². The molecular formula is C10H19NO. The molecule has 0 aliphatic carbocycles. The van der Waals surface area contributed by atoms with Gasteiger partial charge in [-0.05, 0) is 32.7 Å². The van der Waals surface area contributed by atoms with Crippen LogP contribution < -0.4 is 0 Å². The average molecular weight is 169 g/mol. The van der Waals surface area contributed by atoms with Crippen molar-refractivity contribution >= 4 is 0 Å². The molecule has 0 spiro atoms. The zero-order chi connectivity index (χ0) is 8.97. The van der Waals surface area contributed by atoms with Crippen molar-refractivity contribution in [1.29, 1.82) is 0 Å². The molecule has 1 rings (SSSR count). The van der Waals surface area contributed by atoms with E-state index in [-0.39, 0.29) is 0 Å². The maximum absolute atomic E-state index is 8.92. The summed E-state index contributed by atoms with van der Waals surface area (Å²) < 4.78 is 0. The van der Waals surface area contributed by atoms with Gasteiger partial charge in [-0.2, -0.15) is 0 Å². The smallest absolute Gasteiger partial charge is 0.0471 e. The number of likely N-dealkylation sites (tertiary alicyclic amines) is 1. The van der Waals surface area contributed by atoms with Gasteiger partial charge in [-0.3, -0.25) is 4.90 Å². The van der Waals surface area contributed by atoms with Gasteiger partial charge in [0.2, 0.25) is 0 Å². The lowest BCUT2D eigenvalue weighted by Gasteiger charge is -2.12. The van der Waals surface area contributed by atoms with Gasteiger partial charge in [0.1, 0.15) is 0 Å². The van der Waals surface area contributed by atoms with Crippen LogP contribution in [0.15, 0.2) is 11.6 Å². The van der Waals surface area contributed by atoms with Gasteiger partial charge in [-0.25, -0.2) is 0 Å². The molecule has 0 radical (unpaired) electrons. The summed E-state index contributed by atoms with van der Waals surface area (Å²) in [7, 11) is 0. The Morgan fingerprint density at radius 3 is 2.83 bits per heavy atom. The standard InChI is InChI=1S/C10H19NO/c1-9(2)3-5-11-6-4-10(7-11)8-12/h3,10,12H,4-8H2,1-2H3/t10-/m1/s1. The number of aliphatic hydroxyl groups excluding tert-OH is 1. The largest absolute Gasteiger partial charge is 0.396 e. The zero-order valence-electron chi connectivity index (χ0n) is 8.08. The van der Waals surface area contributed by atoms with E-state index >= 15 is 0 Å². The first-order chi connectivity index (χ1) is 5.72. The second-order valence-corrected chi connectivity index (χ2v) is 3.88. The molecule has 0 saturated carbocycles. The van der Waals surface area contributed by atoms with E-state index < -0.39 is 0 Å². The molecule has 12 heavy (non-hydrogen) atoms. The highest BCUT2D eigenvalue weighted by atomic mass is 16.3. The van der Waals surface area contributed by atoms with Crippen LogP contribution in [0.5, 0.6) is 0 Å². The Morgan fingerprint density at radius 1 is 1.58 bits per heavy atom. The van der Waals surface area contributed by atoms with Crippen LogP contribution in [0.4, 0.5) is 0 Å². The second kappa shape index (κ2) is 4.63. The summed E-state index contributed by atoms with van der Waals surface area (Å²) in [5.41, 5.74) is 1.38. The molecule has 0 aromatic rings. The highest BCUT2D eigenvalue weighted by Gasteiger charge is 2.20. The Bertz CT molecular complexity index is 161. The van der Waals surface area contributed by atoms with Gasteiger partial charge in [0.15, 0.2) is 0 Å². The predicted molar refractivity (Wildman–Crippen MR) is 51.1 cm³/mol. The number of nitrogens with zero attached hydrogens (tertiary/aromatic N) is 1. The maximum Gasteiger partial charge on any atom is 0.0471 e. The van der Waals surface area contributed by atoms with Crippen molar-refractivity contribution in [3.63, 3.8) is 0 Å². The van der Waals surface area contributed by atoms with Gasteiger partial charge in [0.05, 0.1) is 0 Å². The molecular weight excluding hydrogens is 150 g/mol. The van der Waals surface area contributed by atoms with E-state index in [1.807, 2.05) is 0 Å². The first kappa shape index (κ1) is 9.75. The molecule has 1 atom stereocenters. The first-order valence-electron chi connectivity index (χ1n) is 4.69. The summed E-state index contributed by atoms with van der Waals surface area (Å²) in [6, 6.07) is 0. The monoisotopic (exact) mass is 169 g/mol. The van der Waals surface area contributed by atoms with E-state index in [1.165, 1.54) is 5.57 Å². The van der Waals surface area contributed by atoms with Crippen LogP contribution in [0.3, 0.4) is 0 Å². The molecule has 2 heteroatoms. The normalized spacial score (nSPS) is 24.4. The molecule has 1 saturated heterocycles. The summed E-state index contributed by atoms with van der Waals surface area (Å²) in [6.45, 7) is 7.87. The Labute approximate surface area is 74.9 Å². The Balaban J connectivity index is 2.23. The minimum atomic E-state index is 0.353. The molecule has 1 heterocycles. The minimum absolute atomic E-state index is 0.353. The third kappa shape index (κ3) is 2.95. The molecule has 1 aliphatic rings. The summed E-state index contributed by atoms with van der Waals surface area (Å²) in [5, 5.41) is 8.92. The lowest BCUT2D eigenvalue weighted by Crippen LogP contribution is -2.21. The van der Waals surface area contributed by atoms with Gasteiger partial charge in [-0.1, -0.05) is 11.6 Å². The van der Waals surface area contributed by atoms with E-state index in [4.69, 9.17) is 5.11 Å². The second-order valence-electron chi connectivity index (χ2n) is 3.88. The fraction of sp³-hybridized carbons (Fsp3) is 0.800. The van der Waals surface area contributed by atoms with E-state index in [1.54, 1.807) is 0 Å². The maximum atomic E-state index is 8.92. The molecule has 0 unspecified atom stereocenters. The van der Waals surface area contributed by atoms with E-state index in [9.17, 15) is 0 Å². The molecule has 1 fully saturated rings. The van der Waals surface area contributed by atoms with Crippen LogP contribution in [0.2, 0.25) is 0 Å². The van der Waals surface area contributed by atoms with Crippen molar-refractivity contribution < 1.29 is 5.11 Å². The lowest BCUT2D eigenvalue weighted by molar-refractivity contribution is 0.225. The van der Waals surface area contributed by atoms with Crippen LogP contribution in [0.25, 0.3) is 0 Å². The van der Waals surface area contributed by atoms with Crippen LogP contribution >= 0.6 is 0 Å². The molecule has 1 aliphatic heterocycles. The molecule has 0 bridgehead atoms. The van der Waals surface area contributed by atoms with E-state index in [0.717, 1.165) is 26.1 Å². The van der Waals surface area contributed by atoms with Crippen molar-refractivity contribution in [2.24, 2.45) is 5.92 Å². The molecule has 1 N–H and O–H groups in total. The van der Waals surface area contributed by atoms with Gasteiger partial charge in [0, 0.05) is 19.7 Å². The highest BCUT2D eigenvalue weighted by Crippen LogP contribution is 2.14. The molecule has 0 amide bonds. The quantitative estimate of drug-likeness (QED) is 0.643. The SMILES string of the molecule is CC(C)=CCN1CC[C@@H](CO)C1. The van der Waals surface area contributed by atoms with Crippen LogP contribution in [-0.2, 0) is 0 Å². The number of rotatable bonds is 3. The molecule has 2 nitrogen and oxygen atoms in total. The molecule has 0 aromatic heterocycles. The predicted octanol–water partition coefficient (Wildman–Crippen LogP) is 1.27. The number of aliphatic hydroxyl groups is 1. The number of allylic oxidation sites excluding steroid dienone is 1. The molecule has 70 valence electrons. The van der Waals surface area contributed by atoms with Crippen molar-refractivity contribution in [2.45, 2.75) is 20.3 Å². The Hall–Kier alpha value is -0.340. The fourth-order valence-corrected chi connectivity index (χ4v) is 1.54. The zero-order valence-corrected chi connectivity index (χ0v) is 8.08. The number of hydrogen-bond donors (Lipinski definition) is 1. The van der Waals surface area contributed by atoms with E-state index in [0.29, 0.717) is 12.5 Å². The third-order valence-corrected chi connectivity index (χ3v) is 2.39. The van der Waals surface area contributed by atoms with Gasteiger partial charge < -0.3 is 5.11 Å². The Kier molecular flexibility index (Phi) is 3.76.